The number of fused-ring (bicyclic) bond motifs is 1. The predicted molar refractivity (Wildman–Crippen MR) is 43.8 cm³/mol. The Morgan fingerprint density at radius 2 is 2.42 bits per heavy atom. The summed E-state index contributed by atoms with van der Waals surface area (Å²) in [7, 11) is 0. The fourth-order valence-corrected chi connectivity index (χ4v) is 2.75. The van der Waals surface area contributed by atoms with Gasteiger partial charge < -0.3 is 4.74 Å². The maximum atomic E-state index is 11.3. The van der Waals surface area contributed by atoms with Crippen molar-refractivity contribution in [2.24, 2.45) is 0 Å². The Kier molecular flexibility index (Phi) is 1.14. The van der Waals surface area contributed by atoms with Gasteiger partial charge in [0.05, 0.1) is 5.60 Å². The van der Waals surface area contributed by atoms with Gasteiger partial charge in [0.25, 0.3) is 0 Å². The molecule has 2 bridgehead atoms. The van der Waals surface area contributed by atoms with Crippen molar-refractivity contribution in [2.45, 2.75) is 43.8 Å². The molecule has 2 heteroatoms. The summed E-state index contributed by atoms with van der Waals surface area (Å²) in [6.45, 7) is 0. The summed E-state index contributed by atoms with van der Waals surface area (Å²) < 4.78 is 5.80. The van der Waals surface area contributed by atoms with Gasteiger partial charge in [-0.3, -0.25) is 4.79 Å². The third kappa shape index (κ3) is 0.667. The zero-order chi connectivity index (χ0) is 8.18. The van der Waals surface area contributed by atoms with Crippen molar-refractivity contribution < 1.29 is 9.53 Å². The molecule has 2 fully saturated rings. The second-order valence-corrected chi connectivity index (χ2v) is 4.04. The minimum atomic E-state index is -0.0784. The van der Waals surface area contributed by atoms with Crippen LogP contribution in [-0.2, 0) is 9.53 Å². The number of Topliss-reactive ketones (excluding diaryl/α,β-unsaturated/α-hetero) is 1. The van der Waals surface area contributed by atoms with Gasteiger partial charge in [-0.1, -0.05) is 6.08 Å². The van der Waals surface area contributed by atoms with Crippen LogP contribution in [-0.4, -0.2) is 17.5 Å². The normalized spacial score (nSPS) is 44.5. The molecule has 2 aliphatic heterocycles. The molecule has 0 amide bonds. The highest BCUT2D eigenvalue weighted by Gasteiger charge is 2.51. The third-order valence-corrected chi connectivity index (χ3v) is 3.43. The van der Waals surface area contributed by atoms with Crippen LogP contribution in [0.25, 0.3) is 0 Å². The molecule has 0 N–H and O–H groups in total. The molecule has 0 saturated carbocycles. The molecular formula is C10H12O2. The second-order valence-electron chi connectivity index (χ2n) is 4.04. The molecule has 2 atom stereocenters. The Morgan fingerprint density at radius 3 is 3.33 bits per heavy atom. The van der Waals surface area contributed by atoms with Gasteiger partial charge >= 0.3 is 0 Å². The second kappa shape index (κ2) is 1.99. The number of carbonyl (C=O) groups is 1. The maximum absolute atomic E-state index is 11.3. The van der Waals surface area contributed by atoms with Crippen LogP contribution < -0.4 is 0 Å². The molecule has 2 saturated heterocycles. The highest BCUT2D eigenvalue weighted by molar-refractivity contribution is 5.85. The first-order chi connectivity index (χ1) is 5.80. The Hall–Kier alpha value is -0.630. The predicted octanol–water partition coefficient (Wildman–Crippen LogP) is 1.60. The standard InChI is InChI=1S/C10H12O2/c11-8-3-5-10-4-1-2-7(10)6-9(8)12-10/h2,9H,1,3-6H2/t9-,10-/m1/s1. The van der Waals surface area contributed by atoms with E-state index in [-0.39, 0.29) is 11.7 Å². The molecule has 1 aliphatic carbocycles. The Morgan fingerprint density at radius 1 is 1.50 bits per heavy atom. The number of hydrogen-bond acceptors (Lipinski definition) is 2. The number of ketones is 1. The van der Waals surface area contributed by atoms with Crippen LogP contribution in [0, 0.1) is 0 Å². The van der Waals surface area contributed by atoms with E-state index in [1.54, 1.807) is 0 Å². The molecule has 1 spiro atoms. The van der Waals surface area contributed by atoms with Gasteiger partial charge in [0.2, 0.25) is 0 Å². The van der Waals surface area contributed by atoms with Crippen molar-refractivity contribution in [3.8, 4) is 0 Å². The fourth-order valence-electron chi connectivity index (χ4n) is 2.75. The van der Waals surface area contributed by atoms with Crippen LogP contribution in [0.3, 0.4) is 0 Å². The summed E-state index contributed by atoms with van der Waals surface area (Å²) in [5.74, 6) is 0.316. The number of rotatable bonds is 0. The van der Waals surface area contributed by atoms with E-state index >= 15 is 0 Å². The number of allylic oxidation sites excluding steroid dienone is 1. The average molecular weight is 164 g/mol. The van der Waals surface area contributed by atoms with Gasteiger partial charge in [0.15, 0.2) is 5.78 Å². The SMILES string of the molecule is O=C1CC[C@]23CCC=C2C[C@H]1O3. The molecule has 0 radical (unpaired) electrons. The molecule has 12 heavy (non-hydrogen) atoms. The first-order valence-corrected chi connectivity index (χ1v) is 4.70. The lowest BCUT2D eigenvalue weighted by Crippen LogP contribution is -2.36. The quantitative estimate of drug-likeness (QED) is 0.508. The number of ether oxygens (including phenoxy) is 1. The lowest BCUT2D eigenvalue weighted by atomic mass is 9.91. The maximum Gasteiger partial charge on any atom is 0.162 e. The Labute approximate surface area is 71.6 Å². The smallest absolute Gasteiger partial charge is 0.162 e. The Bertz CT molecular complexity index is 280. The van der Waals surface area contributed by atoms with Gasteiger partial charge in [-0.25, -0.2) is 0 Å². The molecular weight excluding hydrogens is 152 g/mol. The van der Waals surface area contributed by atoms with E-state index in [9.17, 15) is 4.79 Å². The third-order valence-electron chi connectivity index (χ3n) is 3.43. The van der Waals surface area contributed by atoms with Gasteiger partial charge in [0, 0.05) is 12.8 Å². The number of carbonyl (C=O) groups excluding carboxylic acids is 1. The van der Waals surface area contributed by atoms with Gasteiger partial charge in [0.1, 0.15) is 6.10 Å². The number of hydrogen-bond donors (Lipinski definition) is 0. The molecule has 3 rings (SSSR count). The summed E-state index contributed by atoms with van der Waals surface area (Å²) in [6, 6.07) is 0. The largest absolute Gasteiger partial charge is 0.359 e. The molecule has 2 heterocycles. The summed E-state index contributed by atoms with van der Waals surface area (Å²) in [5, 5.41) is 0. The lowest BCUT2D eigenvalue weighted by Gasteiger charge is -2.30. The van der Waals surface area contributed by atoms with Crippen molar-refractivity contribution in [3.05, 3.63) is 11.6 Å². The highest BCUT2D eigenvalue weighted by atomic mass is 16.5. The Balaban J connectivity index is 2.03. The monoisotopic (exact) mass is 164 g/mol. The zero-order valence-electron chi connectivity index (χ0n) is 7.01. The van der Waals surface area contributed by atoms with Crippen molar-refractivity contribution in [2.75, 3.05) is 0 Å². The van der Waals surface area contributed by atoms with E-state index in [1.165, 1.54) is 5.57 Å². The van der Waals surface area contributed by atoms with Crippen LogP contribution in [0.1, 0.15) is 32.1 Å². The van der Waals surface area contributed by atoms with Crippen molar-refractivity contribution in [1.82, 2.24) is 0 Å². The van der Waals surface area contributed by atoms with Crippen molar-refractivity contribution >= 4 is 5.78 Å². The first kappa shape index (κ1) is 6.84. The molecule has 0 aromatic heterocycles. The van der Waals surface area contributed by atoms with E-state index in [0.29, 0.717) is 5.78 Å². The summed E-state index contributed by atoms with van der Waals surface area (Å²) >= 11 is 0. The summed E-state index contributed by atoms with van der Waals surface area (Å²) in [5.41, 5.74) is 1.44. The first-order valence-electron chi connectivity index (χ1n) is 4.70. The average Bonchev–Trinajstić information content (AvgIpc) is 2.52. The molecule has 64 valence electrons. The van der Waals surface area contributed by atoms with Gasteiger partial charge in [-0.05, 0) is 24.8 Å². The molecule has 0 aromatic rings. The molecule has 0 unspecified atom stereocenters. The summed E-state index contributed by atoms with van der Waals surface area (Å²) in [4.78, 5) is 11.3. The minimum absolute atomic E-state index is 0.0264. The van der Waals surface area contributed by atoms with Gasteiger partial charge in [-0.15, -0.1) is 0 Å². The molecule has 2 nitrogen and oxygen atoms in total. The van der Waals surface area contributed by atoms with Crippen molar-refractivity contribution in [1.29, 1.82) is 0 Å². The van der Waals surface area contributed by atoms with Crippen LogP contribution in [0.4, 0.5) is 0 Å². The van der Waals surface area contributed by atoms with Crippen LogP contribution in [0.15, 0.2) is 11.6 Å². The van der Waals surface area contributed by atoms with E-state index in [1.807, 2.05) is 0 Å². The molecule has 3 aliphatic rings. The molecule has 0 aromatic carbocycles. The fraction of sp³-hybridized carbons (Fsp3) is 0.700. The topological polar surface area (TPSA) is 26.3 Å². The highest BCUT2D eigenvalue weighted by Crippen LogP contribution is 2.49. The minimum Gasteiger partial charge on any atom is -0.359 e. The van der Waals surface area contributed by atoms with Crippen LogP contribution in [0.5, 0.6) is 0 Å². The zero-order valence-corrected chi connectivity index (χ0v) is 7.01. The van der Waals surface area contributed by atoms with Crippen LogP contribution >= 0.6 is 0 Å². The lowest BCUT2D eigenvalue weighted by molar-refractivity contribution is -0.143. The van der Waals surface area contributed by atoms with E-state index in [0.717, 1.165) is 32.1 Å². The van der Waals surface area contributed by atoms with E-state index in [2.05, 4.69) is 6.08 Å². The van der Waals surface area contributed by atoms with E-state index in [4.69, 9.17) is 4.74 Å². The summed E-state index contributed by atoms with van der Waals surface area (Å²) in [6.07, 6.45) is 7.03. The van der Waals surface area contributed by atoms with E-state index < -0.39 is 0 Å². The van der Waals surface area contributed by atoms with Gasteiger partial charge in [-0.2, -0.15) is 0 Å². The van der Waals surface area contributed by atoms with Crippen molar-refractivity contribution in [3.63, 3.8) is 0 Å². The van der Waals surface area contributed by atoms with Crippen LogP contribution in [0.2, 0.25) is 0 Å².